The van der Waals surface area contributed by atoms with Crippen LogP contribution in [0.4, 0.5) is 0 Å². The molecule has 0 atom stereocenters. The molecule has 0 fully saturated rings. The van der Waals surface area contributed by atoms with Gasteiger partial charge in [0.25, 0.3) is 0 Å². The maximum Gasteiger partial charge on any atom is 0.182 e. The summed E-state index contributed by atoms with van der Waals surface area (Å²) < 4.78 is 0. The largest absolute Gasteiger partial charge is 0.231 e. The van der Waals surface area contributed by atoms with Crippen LogP contribution in [0.25, 0.3) is 11.0 Å². The molecule has 0 amide bonds. The van der Waals surface area contributed by atoms with E-state index in [1.807, 2.05) is 18.2 Å². The highest BCUT2D eigenvalue weighted by Crippen LogP contribution is 2.21. The van der Waals surface area contributed by atoms with Gasteiger partial charge in [-0.1, -0.05) is 20.8 Å². The highest BCUT2D eigenvalue weighted by Gasteiger charge is 2.15. The Hall–Kier alpha value is -1.51. The first-order chi connectivity index (χ1) is 6.57. The first kappa shape index (κ1) is 9.06. The molecule has 0 aromatic carbocycles. The van der Waals surface area contributed by atoms with Crippen molar-refractivity contribution in [3.05, 3.63) is 30.1 Å². The fourth-order valence-electron chi connectivity index (χ4n) is 1.29. The first-order valence-electron chi connectivity index (χ1n) is 4.66. The quantitative estimate of drug-likeness (QED) is 0.635. The Labute approximate surface area is 83.2 Å². The molecule has 72 valence electrons. The average molecular weight is 187 g/mol. The smallest absolute Gasteiger partial charge is 0.182 e. The summed E-state index contributed by atoms with van der Waals surface area (Å²) in [6.45, 7) is 6.41. The normalized spacial score (nSPS) is 11.9. The second kappa shape index (κ2) is 3.01. The van der Waals surface area contributed by atoms with E-state index in [9.17, 15) is 0 Å². The van der Waals surface area contributed by atoms with Crippen molar-refractivity contribution in [3.63, 3.8) is 0 Å². The van der Waals surface area contributed by atoms with Crippen molar-refractivity contribution in [1.29, 1.82) is 0 Å². The molecule has 3 nitrogen and oxygen atoms in total. The van der Waals surface area contributed by atoms with Crippen LogP contribution in [0.15, 0.2) is 24.4 Å². The van der Waals surface area contributed by atoms with Crippen molar-refractivity contribution in [3.8, 4) is 0 Å². The van der Waals surface area contributed by atoms with E-state index in [-0.39, 0.29) is 5.41 Å². The van der Waals surface area contributed by atoms with Gasteiger partial charge in [0, 0.05) is 16.5 Å². The summed E-state index contributed by atoms with van der Waals surface area (Å²) in [6, 6.07) is 6.00. The van der Waals surface area contributed by atoms with Crippen LogP contribution in [0.3, 0.4) is 0 Å². The molecule has 0 radical (unpaired) electrons. The molecule has 2 aromatic heterocycles. The average Bonchev–Trinajstić information content (AvgIpc) is 2.16. The molecule has 2 rings (SSSR count). The predicted molar refractivity (Wildman–Crippen MR) is 56.0 cm³/mol. The van der Waals surface area contributed by atoms with Crippen LogP contribution in [-0.2, 0) is 5.41 Å². The predicted octanol–water partition coefficient (Wildman–Crippen LogP) is 2.32. The van der Waals surface area contributed by atoms with E-state index in [4.69, 9.17) is 0 Å². The Morgan fingerprint density at radius 1 is 1.07 bits per heavy atom. The lowest BCUT2D eigenvalue weighted by Gasteiger charge is -2.17. The maximum absolute atomic E-state index is 4.47. The fraction of sp³-hybridized carbons (Fsp3) is 0.364. The summed E-state index contributed by atoms with van der Waals surface area (Å²) in [7, 11) is 0. The van der Waals surface area contributed by atoms with Crippen LogP contribution >= 0.6 is 0 Å². The molecular formula is C11H13N3. The standard InChI is InChI=1S/C11H13N3/c1-11(2,3)9-5-4-8-6-7-12-14-10(8)13-9/h4-7H,1-3H3. The Morgan fingerprint density at radius 3 is 2.57 bits per heavy atom. The van der Waals surface area contributed by atoms with Crippen molar-refractivity contribution in [1.82, 2.24) is 15.2 Å². The van der Waals surface area contributed by atoms with Gasteiger partial charge in [0.15, 0.2) is 5.65 Å². The molecule has 0 saturated carbocycles. The zero-order valence-electron chi connectivity index (χ0n) is 8.65. The number of hydrogen-bond acceptors (Lipinski definition) is 3. The lowest BCUT2D eigenvalue weighted by atomic mass is 9.91. The van der Waals surface area contributed by atoms with Crippen molar-refractivity contribution in [2.75, 3.05) is 0 Å². The van der Waals surface area contributed by atoms with Gasteiger partial charge in [0.05, 0.1) is 6.20 Å². The SMILES string of the molecule is CC(C)(C)c1ccc2ccnnc2n1. The number of fused-ring (bicyclic) bond motifs is 1. The van der Waals surface area contributed by atoms with Gasteiger partial charge in [-0.05, 0) is 18.2 Å². The Balaban J connectivity index is 2.63. The van der Waals surface area contributed by atoms with Crippen LogP contribution in [0.5, 0.6) is 0 Å². The van der Waals surface area contributed by atoms with Gasteiger partial charge in [-0.25, -0.2) is 4.98 Å². The Bertz CT molecular complexity index is 457. The van der Waals surface area contributed by atoms with Gasteiger partial charge >= 0.3 is 0 Å². The van der Waals surface area contributed by atoms with Crippen molar-refractivity contribution >= 4 is 11.0 Å². The zero-order chi connectivity index (χ0) is 10.2. The molecule has 14 heavy (non-hydrogen) atoms. The number of nitrogens with zero attached hydrogens (tertiary/aromatic N) is 3. The summed E-state index contributed by atoms with van der Waals surface area (Å²) in [6.07, 6.45) is 1.68. The number of hydrogen-bond donors (Lipinski definition) is 0. The van der Waals surface area contributed by atoms with Crippen molar-refractivity contribution < 1.29 is 0 Å². The molecule has 3 heteroatoms. The van der Waals surface area contributed by atoms with Crippen LogP contribution in [0, 0.1) is 0 Å². The maximum atomic E-state index is 4.47. The van der Waals surface area contributed by atoms with Gasteiger partial charge in [-0.2, -0.15) is 5.10 Å². The van der Waals surface area contributed by atoms with Crippen LogP contribution in [0.1, 0.15) is 26.5 Å². The Kier molecular flexibility index (Phi) is 1.95. The van der Waals surface area contributed by atoms with Crippen molar-refractivity contribution in [2.24, 2.45) is 0 Å². The minimum absolute atomic E-state index is 0.0612. The number of rotatable bonds is 0. The van der Waals surface area contributed by atoms with E-state index in [2.05, 4.69) is 36.0 Å². The molecule has 0 bridgehead atoms. The van der Waals surface area contributed by atoms with Crippen LogP contribution < -0.4 is 0 Å². The molecule has 0 aliphatic carbocycles. The van der Waals surface area contributed by atoms with E-state index in [0.717, 1.165) is 16.7 Å². The highest BCUT2D eigenvalue weighted by atomic mass is 15.1. The van der Waals surface area contributed by atoms with E-state index in [1.165, 1.54) is 0 Å². The lowest BCUT2D eigenvalue weighted by molar-refractivity contribution is 0.571. The van der Waals surface area contributed by atoms with Gasteiger partial charge in [0.2, 0.25) is 0 Å². The van der Waals surface area contributed by atoms with E-state index in [1.54, 1.807) is 6.20 Å². The Morgan fingerprint density at radius 2 is 1.86 bits per heavy atom. The van der Waals surface area contributed by atoms with Gasteiger partial charge in [-0.3, -0.25) is 0 Å². The third kappa shape index (κ3) is 1.58. The minimum atomic E-state index is 0.0612. The van der Waals surface area contributed by atoms with E-state index >= 15 is 0 Å². The van der Waals surface area contributed by atoms with Gasteiger partial charge < -0.3 is 0 Å². The zero-order valence-corrected chi connectivity index (χ0v) is 8.65. The monoisotopic (exact) mass is 187 g/mol. The molecule has 0 aliphatic heterocycles. The molecular weight excluding hydrogens is 174 g/mol. The third-order valence-electron chi connectivity index (χ3n) is 2.15. The first-order valence-corrected chi connectivity index (χ1v) is 4.66. The molecule has 0 saturated heterocycles. The molecule has 0 N–H and O–H groups in total. The molecule has 0 spiro atoms. The molecule has 0 aliphatic rings. The lowest BCUT2D eigenvalue weighted by Crippen LogP contribution is -2.13. The van der Waals surface area contributed by atoms with Crippen LogP contribution in [-0.4, -0.2) is 15.2 Å². The summed E-state index contributed by atoms with van der Waals surface area (Å²) in [5, 5.41) is 8.85. The number of pyridine rings is 1. The summed E-state index contributed by atoms with van der Waals surface area (Å²) in [5.41, 5.74) is 1.83. The summed E-state index contributed by atoms with van der Waals surface area (Å²) in [4.78, 5) is 4.47. The van der Waals surface area contributed by atoms with E-state index < -0.39 is 0 Å². The molecule has 2 aromatic rings. The summed E-state index contributed by atoms with van der Waals surface area (Å²) >= 11 is 0. The van der Waals surface area contributed by atoms with Gasteiger partial charge in [0.1, 0.15) is 0 Å². The topological polar surface area (TPSA) is 38.7 Å². The fourth-order valence-corrected chi connectivity index (χ4v) is 1.29. The van der Waals surface area contributed by atoms with Gasteiger partial charge in [-0.15, -0.1) is 5.10 Å². The molecule has 0 unspecified atom stereocenters. The van der Waals surface area contributed by atoms with Crippen LogP contribution in [0.2, 0.25) is 0 Å². The highest BCUT2D eigenvalue weighted by molar-refractivity contribution is 5.73. The minimum Gasteiger partial charge on any atom is -0.231 e. The summed E-state index contributed by atoms with van der Waals surface area (Å²) in [5.74, 6) is 0. The van der Waals surface area contributed by atoms with E-state index in [0.29, 0.717) is 0 Å². The number of aromatic nitrogens is 3. The molecule has 2 heterocycles. The van der Waals surface area contributed by atoms with Crippen molar-refractivity contribution in [2.45, 2.75) is 26.2 Å². The second-order valence-electron chi connectivity index (χ2n) is 4.39. The second-order valence-corrected chi connectivity index (χ2v) is 4.39. The third-order valence-corrected chi connectivity index (χ3v) is 2.15.